The Balaban J connectivity index is 1.92. The molecule has 6 heteroatoms. The lowest BCUT2D eigenvalue weighted by Gasteiger charge is -2.19. The Hall–Kier alpha value is -1.30. The first-order valence-corrected chi connectivity index (χ1v) is 8.32. The summed E-state index contributed by atoms with van der Waals surface area (Å²) in [5.74, 6) is 1.03. The number of aromatic nitrogens is 2. The van der Waals surface area contributed by atoms with Crippen LogP contribution in [0.2, 0.25) is 0 Å². The zero-order valence-electron chi connectivity index (χ0n) is 13.1. The molecule has 0 aliphatic carbocycles. The second kappa shape index (κ2) is 9.60. The van der Waals surface area contributed by atoms with Crippen LogP contribution in [0, 0.1) is 0 Å². The lowest BCUT2D eigenvalue weighted by atomic mass is 10.2. The second-order valence-corrected chi connectivity index (χ2v) is 6.78. The normalized spacial score (nSPS) is 11.2. The van der Waals surface area contributed by atoms with Crippen LogP contribution in [0.5, 0.6) is 0 Å². The molecule has 5 nitrogen and oxygen atoms in total. The molecule has 0 radical (unpaired) electrons. The van der Waals surface area contributed by atoms with Crippen LogP contribution in [0.3, 0.4) is 0 Å². The number of nitrogens with zero attached hydrogens (tertiary/aromatic N) is 2. The van der Waals surface area contributed by atoms with Crippen LogP contribution >= 0.6 is 11.8 Å². The van der Waals surface area contributed by atoms with Crippen molar-refractivity contribution >= 4 is 17.9 Å². The number of alkyl carbamates (subject to hydrolysis) is 1. The SMILES string of the molecule is CC(C)(C)OC(=O)NCCCCCCSc1ncccn1. The van der Waals surface area contributed by atoms with Crippen LogP contribution in [-0.2, 0) is 4.74 Å². The highest BCUT2D eigenvalue weighted by atomic mass is 32.2. The average molecular weight is 311 g/mol. The predicted octanol–water partition coefficient (Wildman–Crippen LogP) is 3.65. The number of hydrogen-bond acceptors (Lipinski definition) is 5. The number of nitrogens with one attached hydrogen (secondary N) is 1. The van der Waals surface area contributed by atoms with E-state index in [4.69, 9.17) is 4.74 Å². The van der Waals surface area contributed by atoms with Gasteiger partial charge in [-0.15, -0.1) is 0 Å². The molecule has 1 amide bonds. The molecule has 0 saturated carbocycles. The average Bonchev–Trinajstić information content (AvgIpc) is 2.41. The maximum absolute atomic E-state index is 11.4. The van der Waals surface area contributed by atoms with Gasteiger partial charge in [0, 0.05) is 24.7 Å². The van der Waals surface area contributed by atoms with Crippen molar-refractivity contribution in [2.75, 3.05) is 12.3 Å². The van der Waals surface area contributed by atoms with E-state index in [1.807, 2.05) is 26.8 Å². The van der Waals surface area contributed by atoms with Gasteiger partial charge in [0.15, 0.2) is 5.16 Å². The molecule has 1 aromatic rings. The molecule has 1 rings (SSSR count). The molecule has 0 bridgehead atoms. The van der Waals surface area contributed by atoms with Gasteiger partial charge in [0.2, 0.25) is 0 Å². The summed E-state index contributed by atoms with van der Waals surface area (Å²) in [5.41, 5.74) is -0.430. The first-order chi connectivity index (χ1) is 9.97. The van der Waals surface area contributed by atoms with Gasteiger partial charge in [-0.2, -0.15) is 0 Å². The van der Waals surface area contributed by atoms with Gasteiger partial charge in [-0.3, -0.25) is 0 Å². The Morgan fingerprint density at radius 3 is 2.52 bits per heavy atom. The van der Waals surface area contributed by atoms with Gasteiger partial charge in [-0.05, 0) is 39.7 Å². The lowest BCUT2D eigenvalue weighted by molar-refractivity contribution is 0.0527. The van der Waals surface area contributed by atoms with E-state index in [0.29, 0.717) is 6.54 Å². The van der Waals surface area contributed by atoms with Crippen molar-refractivity contribution in [3.8, 4) is 0 Å². The Kier molecular flexibility index (Phi) is 8.12. The van der Waals surface area contributed by atoms with E-state index in [2.05, 4.69) is 15.3 Å². The lowest BCUT2D eigenvalue weighted by Crippen LogP contribution is -2.32. The summed E-state index contributed by atoms with van der Waals surface area (Å²) >= 11 is 1.68. The van der Waals surface area contributed by atoms with Gasteiger partial charge < -0.3 is 10.1 Å². The summed E-state index contributed by atoms with van der Waals surface area (Å²) in [6.07, 6.45) is 7.55. The summed E-state index contributed by atoms with van der Waals surface area (Å²) in [6, 6.07) is 1.82. The molecular formula is C15H25N3O2S. The summed E-state index contributed by atoms with van der Waals surface area (Å²) in [4.78, 5) is 19.7. The molecule has 1 heterocycles. The first-order valence-electron chi connectivity index (χ1n) is 7.34. The van der Waals surface area contributed by atoms with Crippen molar-refractivity contribution in [3.63, 3.8) is 0 Å². The molecule has 118 valence electrons. The summed E-state index contributed by atoms with van der Waals surface area (Å²) in [6.45, 7) is 6.26. The Bertz CT molecular complexity index is 407. The highest BCUT2D eigenvalue weighted by Crippen LogP contribution is 2.14. The number of rotatable bonds is 8. The molecule has 0 spiro atoms. The Morgan fingerprint density at radius 2 is 1.86 bits per heavy atom. The van der Waals surface area contributed by atoms with Crippen molar-refractivity contribution in [3.05, 3.63) is 18.5 Å². The van der Waals surface area contributed by atoms with Crippen molar-refractivity contribution in [1.29, 1.82) is 0 Å². The number of hydrogen-bond donors (Lipinski definition) is 1. The topological polar surface area (TPSA) is 64.1 Å². The van der Waals surface area contributed by atoms with Gasteiger partial charge in [0.1, 0.15) is 5.60 Å². The predicted molar refractivity (Wildman–Crippen MR) is 85.5 cm³/mol. The zero-order valence-corrected chi connectivity index (χ0v) is 13.9. The van der Waals surface area contributed by atoms with Crippen LogP contribution in [0.25, 0.3) is 0 Å². The maximum atomic E-state index is 11.4. The minimum Gasteiger partial charge on any atom is -0.444 e. The van der Waals surface area contributed by atoms with Gasteiger partial charge in [0.25, 0.3) is 0 Å². The fraction of sp³-hybridized carbons (Fsp3) is 0.667. The van der Waals surface area contributed by atoms with Crippen LogP contribution in [0.4, 0.5) is 4.79 Å². The fourth-order valence-electron chi connectivity index (χ4n) is 1.61. The molecular weight excluding hydrogens is 286 g/mol. The van der Waals surface area contributed by atoms with Crippen molar-refractivity contribution in [2.24, 2.45) is 0 Å². The van der Waals surface area contributed by atoms with Gasteiger partial charge in [-0.25, -0.2) is 14.8 Å². The molecule has 0 aliphatic rings. The van der Waals surface area contributed by atoms with Crippen LogP contribution in [0.15, 0.2) is 23.6 Å². The third-order valence-electron chi connectivity index (χ3n) is 2.51. The summed E-state index contributed by atoms with van der Waals surface area (Å²) < 4.78 is 5.16. The van der Waals surface area contributed by atoms with E-state index >= 15 is 0 Å². The van der Waals surface area contributed by atoms with Crippen LogP contribution in [-0.4, -0.2) is 34.0 Å². The zero-order chi connectivity index (χ0) is 15.6. The fourth-order valence-corrected chi connectivity index (χ4v) is 2.41. The number of carbonyl (C=O) groups is 1. The number of ether oxygens (including phenoxy) is 1. The summed E-state index contributed by atoms with van der Waals surface area (Å²) in [5, 5.41) is 3.61. The summed E-state index contributed by atoms with van der Waals surface area (Å²) in [7, 11) is 0. The molecule has 21 heavy (non-hydrogen) atoms. The first kappa shape index (κ1) is 17.8. The Labute approximate surface area is 131 Å². The number of carbonyl (C=O) groups excluding carboxylic acids is 1. The second-order valence-electron chi connectivity index (χ2n) is 5.72. The highest BCUT2D eigenvalue weighted by molar-refractivity contribution is 7.99. The standard InChI is InChI=1S/C15H25N3O2S/c1-15(2,3)20-14(19)18-9-6-4-5-7-12-21-13-16-10-8-11-17-13/h8,10-11H,4-7,9,12H2,1-3H3,(H,18,19). The molecule has 0 unspecified atom stereocenters. The van der Waals surface area contributed by atoms with Crippen molar-refractivity contribution in [2.45, 2.75) is 57.2 Å². The van der Waals surface area contributed by atoms with E-state index in [9.17, 15) is 4.79 Å². The van der Waals surface area contributed by atoms with E-state index in [1.165, 1.54) is 0 Å². The van der Waals surface area contributed by atoms with Crippen molar-refractivity contribution < 1.29 is 9.53 Å². The molecule has 0 atom stereocenters. The number of thioether (sulfide) groups is 1. The highest BCUT2D eigenvalue weighted by Gasteiger charge is 2.15. The van der Waals surface area contributed by atoms with E-state index < -0.39 is 5.60 Å². The minimum atomic E-state index is -0.430. The monoisotopic (exact) mass is 311 g/mol. The molecule has 1 aromatic heterocycles. The number of unbranched alkanes of at least 4 members (excludes halogenated alkanes) is 3. The molecule has 0 aromatic carbocycles. The molecule has 0 aliphatic heterocycles. The van der Waals surface area contributed by atoms with Gasteiger partial charge >= 0.3 is 6.09 Å². The third-order valence-corrected chi connectivity index (χ3v) is 3.47. The maximum Gasteiger partial charge on any atom is 0.407 e. The quantitative estimate of drug-likeness (QED) is 0.451. The van der Waals surface area contributed by atoms with Crippen molar-refractivity contribution in [1.82, 2.24) is 15.3 Å². The van der Waals surface area contributed by atoms with Gasteiger partial charge in [-0.1, -0.05) is 24.6 Å². The number of amides is 1. The van der Waals surface area contributed by atoms with E-state index in [0.717, 1.165) is 36.6 Å². The van der Waals surface area contributed by atoms with Gasteiger partial charge in [0.05, 0.1) is 0 Å². The Morgan fingerprint density at radius 1 is 1.19 bits per heavy atom. The minimum absolute atomic E-state index is 0.334. The van der Waals surface area contributed by atoms with Crippen LogP contribution < -0.4 is 5.32 Å². The molecule has 0 saturated heterocycles. The largest absolute Gasteiger partial charge is 0.444 e. The molecule has 1 N–H and O–H groups in total. The van der Waals surface area contributed by atoms with Crippen LogP contribution in [0.1, 0.15) is 46.5 Å². The van der Waals surface area contributed by atoms with E-state index in [1.54, 1.807) is 24.2 Å². The smallest absolute Gasteiger partial charge is 0.407 e. The third kappa shape index (κ3) is 10.1. The molecule has 0 fully saturated rings. The van der Waals surface area contributed by atoms with E-state index in [-0.39, 0.29) is 6.09 Å².